The van der Waals surface area contributed by atoms with Crippen LogP contribution >= 0.6 is 43.5 Å². The predicted octanol–water partition coefficient (Wildman–Crippen LogP) is 7.50. The second-order valence-corrected chi connectivity index (χ2v) is 7.96. The summed E-state index contributed by atoms with van der Waals surface area (Å²) in [5.74, 6) is 0.815. The molecular formula is C21H16Br2ClNO. The zero-order chi connectivity index (χ0) is 18.5. The number of nitrogens with zero attached hydrogens (tertiary/aromatic N) is 1. The summed E-state index contributed by atoms with van der Waals surface area (Å²) >= 11 is 13.1. The van der Waals surface area contributed by atoms with Crippen molar-refractivity contribution in [3.05, 3.63) is 91.3 Å². The van der Waals surface area contributed by atoms with Crippen LogP contribution in [0.1, 0.15) is 16.7 Å². The second-order valence-electron chi connectivity index (χ2n) is 5.79. The first kappa shape index (κ1) is 19.2. The van der Waals surface area contributed by atoms with E-state index in [1.807, 2.05) is 73.8 Å². The fourth-order valence-corrected chi connectivity index (χ4v) is 3.60. The molecule has 0 aromatic heterocycles. The van der Waals surface area contributed by atoms with Crippen LogP contribution in [0.5, 0.6) is 5.75 Å². The maximum atomic E-state index is 6.12. The highest BCUT2D eigenvalue weighted by atomic mass is 79.9. The molecule has 26 heavy (non-hydrogen) atoms. The van der Waals surface area contributed by atoms with E-state index in [1.165, 1.54) is 0 Å². The fraction of sp³-hybridized carbons (Fsp3) is 0.0952. The van der Waals surface area contributed by atoms with Gasteiger partial charge in [-0.2, -0.15) is 0 Å². The molecule has 0 aliphatic carbocycles. The third kappa shape index (κ3) is 5.19. The van der Waals surface area contributed by atoms with Crippen LogP contribution in [0, 0.1) is 6.92 Å². The Labute approximate surface area is 175 Å². The second kappa shape index (κ2) is 8.85. The minimum absolute atomic E-state index is 0.503. The molecule has 3 rings (SSSR count). The zero-order valence-electron chi connectivity index (χ0n) is 14.0. The first-order valence-corrected chi connectivity index (χ1v) is 9.95. The average molecular weight is 494 g/mol. The molecule has 0 saturated heterocycles. The summed E-state index contributed by atoms with van der Waals surface area (Å²) in [5, 5.41) is 0.725. The molecule has 3 aromatic rings. The molecular weight excluding hydrogens is 477 g/mol. The lowest BCUT2D eigenvalue weighted by Gasteiger charge is -2.08. The Hall–Kier alpha value is -1.62. The van der Waals surface area contributed by atoms with Crippen molar-refractivity contribution < 1.29 is 4.74 Å². The highest BCUT2D eigenvalue weighted by Crippen LogP contribution is 2.24. The number of halogens is 3. The zero-order valence-corrected chi connectivity index (χ0v) is 18.0. The molecule has 0 bridgehead atoms. The fourth-order valence-electron chi connectivity index (χ4n) is 2.26. The van der Waals surface area contributed by atoms with Gasteiger partial charge in [-0.25, -0.2) is 0 Å². The third-order valence-corrected chi connectivity index (χ3v) is 5.45. The SMILES string of the molecule is Cc1ccc(N=Cc2ccc(OCc3ccc(Br)cc3Br)cc2)cc1Cl. The molecule has 0 amide bonds. The van der Waals surface area contributed by atoms with E-state index >= 15 is 0 Å². The van der Waals surface area contributed by atoms with Crippen LogP contribution in [0.4, 0.5) is 5.69 Å². The van der Waals surface area contributed by atoms with Crippen LogP contribution < -0.4 is 4.74 Å². The van der Waals surface area contributed by atoms with Crippen molar-refractivity contribution >= 4 is 55.4 Å². The molecule has 0 aliphatic rings. The summed E-state index contributed by atoms with van der Waals surface area (Å²) in [7, 11) is 0. The van der Waals surface area contributed by atoms with Crippen LogP contribution in [0.3, 0.4) is 0 Å². The number of hydrogen-bond donors (Lipinski definition) is 0. The largest absolute Gasteiger partial charge is 0.489 e. The maximum absolute atomic E-state index is 6.12. The lowest BCUT2D eigenvalue weighted by Crippen LogP contribution is -1.96. The molecule has 0 radical (unpaired) electrons. The van der Waals surface area contributed by atoms with E-state index in [9.17, 15) is 0 Å². The Morgan fingerprint density at radius 1 is 1.00 bits per heavy atom. The first-order chi connectivity index (χ1) is 12.5. The molecule has 0 saturated carbocycles. The number of rotatable bonds is 5. The smallest absolute Gasteiger partial charge is 0.119 e. The molecule has 132 valence electrons. The topological polar surface area (TPSA) is 21.6 Å². The van der Waals surface area contributed by atoms with E-state index in [1.54, 1.807) is 0 Å². The van der Waals surface area contributed by atoms with E-state index in [4.69, 9.17) is 16.3 Å². The van der Waals surface area contributed by atoms with E-state index < -0.39 is 0 Å². The molecule has 0 aliphatic heterocycles. The summed E-state index contributed by atoms with van der Waals surface area (Å²) in [5.41, 5.74) is 3.97. The van der Waals surface area contributed by atoms with Gasteiger partial charge in [-0.1, -0.05) is 55.6 Å². The van der Waals surface area contributed by atoms with Gasteiger partial charge in [0.15, 0.2) is 0 Å². The first-order valence-electron chi connectivity index (χ1n) is 7.98. The number of aryl methyl sites for hydroxylation is 1. The molecule has 3 aromatic carbocycles. The molecule has 0 N–H and O–H groups in total. The lowest BCUT2D eigenvalue weighted by atomic mass is 10.2. The maximum Gasteiger partial charge on any atom is 0.119 e. The van der Waals surface area contributed by atoms with Crippen LogP contribution in [-0.2, 0) is 6.61 Å². The van der Waals surface area contributed by atoms with Crippen molar-refractivity contribution in [2.75, 3.05) is 0 Å². The molecule has 5 heteroatoms. The lowest BCUT2D eigenvalue weighted by molar-refractivity contribution is 0.305. The van der Waals surface area contributed by atoms with Crippen molar-refractivity contribution in [1.82, 2.24) is 0 Å². The quantitative estimate of drug-likeness (QED) is 0.337. The molecule has 0 spiro atoms. The van der Waals surface area contributed by atoms with Crippen molar-refractivity contribution in [3.63, 3.8) is 0 Å². The van der Waals surface area contributed by atoms with Crippen LogP contribution in [0.2, 0.25) is 5.02 Å². The minimum atomic E-state index is 0.503. The van der Waals surface area contributed by atoms with Gasteiger partial charge in [0.2, 0.25) is 0 Å². The normalized spacial score (nSPS) is 11.1. The Kier molecular flexibility index (Phi) is 6.52. The van der Waals surface area contributed by atoms with Gasteiger partial charge in [0.1, 0.15) is 12.4 Å². The van der Waals surface area contributed by atoms with Crippen molar-refractivity contribution in [2.45, 2.75) is 13.5 Å². The predicted molar refractivity (Wildman–Crippen MR) is 116 cm³/mol. The molecule has 0 unspecified atom stereocenters. The van der Waals surface area contributed by atoms with Gasteiger partial charge in [-0.05, 0) is 66.6 Å². The summed E-state index contributed by atoms with van der Waals surface area (Å²) in [4.78, 5) is 4.46. The highest BCUT2D eigenvalue weighted by Gasteiger charge is 2.02. The van der Waals surface area contributed by atoms with Crippen LogP contribution in [0.25, 0.3) is 0 Å². The highest BCUT2D eigenvalue weighted by molar-refractivity contribution is 9.11. The number of benzene rings is 3. The van der Waals surface area contributed by atoms with Gasteiger partial charge in [0, 0.05) is 25.7 Å². The average Bonchev–Trinajstić information content (AvgIpc) is 2.63. The van der Waals surface area contributed by atoms with Gasteiger partial charge in [-0.3, -0.25) is 4.99 Å². The summed E-state index contributed by atoms with van der Waals surface area (Å²) in [6, 6.07) is 19.7. The third-order valence-electron chi connectivity index (χ3n) is 3.81. The number of ether oxygens (including phenoxy) is 1. The number of aliphatic imine (C=N–C) groups is 1. The van der Waals surface area contributed by atoms with Gasteiger partial charge < -0.3 is 4.74 Å². The van der Waals surface area contributed by atoms with Crippen molar-refractivity contribution in [2.24, 2.45) is 4.99 Å². The van der Waals surface area contributed by atoms with Gasteiger partial charge in [0.05, 0.1) is 5.69 Å². The molecule has 0 fully saturated rings. The van der Waals surface area contributed by atoms with E-state index in [0.29, 0.717) is 6.61 Å². The molecule has 0 heterocycles. The van der Waals surface area contributed by atoms with Crippen molar-refractivity contribution in [3.8, 4) is 5.75 Å². The summed E-state index contributed by atoms with van der Waals surface area (Å²) in [6.45, 7) is 2.48. The Bertz CT molecular complexity index is 939. The Morgan fingerprint density at radius 3 is 2.46 bits per heavy atom. The molecule has 2 nitrogen and oxygen atoms in total. The van der Waals surface area contributed by atoms with Gasteiger partial charge >= 0.3 is 0 Å². The number of hydrogen-bond acceptors (Lipinski definition) is 2. The van der Waals surface area contributed by atoms with E-state index in [-0.39, 0.29) is 0 Å². The standard InChI is InChI=1S/C21H16Br2ClNO/c1-14-2-7-18(11-21(14)24)25-12-15-3-8-19(9-4-15)26-13-16-5-6-17(22)10-20(16)23/h2-12H,13H2,1H3. The monoisotopic (exact) mass is 491 g/mol. The Balaban J connectivity index is 1.62. The van der Waals surface area contributed by atoms with E-state index in [0.717, 1.165) is 42.1 Å². The summed E-state index contributed by atoms with van der Waals surface area (Å²) < 4.78 is 7.91. The summed E-state index contributed by atoms with van der Waals surface area (Å²) in [6.07, 6.45) is 1.82. The van der Waals surface area contributed by atoms with Crippen LogP contribution in [-0.4, -0.2) is 6.21 Å². The van der Waals surface area contributed by atoms with Crippen LogP contribution in [0.15, 0.2) is 74.6 Å². The van der Waals surface area contributed by atoms with Crippen molar-refractivity contribution in [1.29, 1.82) is 0 Å². The minimum Gasteiger partial charge on any atom is -0.489 e. The molecule has 0 atom stereocenters. The Morgan fingerprint density at radius 2 is 1.77 bits per heavy atom. The van der Waals surface area contributed by atoms with Gasteiger partial charge in [0.25, 0.3) is 0 Å². The van der Waals surface area contributed by atoms with E-state index in [2.05, 4.69) is 36.9 Å². The van der Waals surface area contributed by atoms with Gasteiger partial charge in [-0.15, -0.1) is 0 Å².